The number of benzene rings is 2. The third kappa shape index (κ3) is 7.25. The minimum absolute atomic E-state index is 0. The molecule has 0 amide bonds. The Morgan fingerprint density at radius 2 is 1.84 bits per heavy atom. The van der Waals surface area contributed by atoms with Crippen molar-refractivity contribution in [1.82, 2.24) is 15.6 Å². The molecular formula is C23H29IN4O3. The number of ether oxygens (including phenoxy) is 1. The van der Waals surface area contributed by atoms with E-state index in [1.54, 1.807) is 13.4 Å². The van der Waals surface area contributed by atoms with Crippen LogP contribution in [0, 0.1) is 6.92 Å². The molecule has 0 bridgehead atoms. The fourth-order valence-corrected chi connectivity index (χ4v) is 2.85. The number of aromatic nitrogens is 1. The van der Waals surface area contributed by atoms with Crippen LogP contribution in [0.1, 0.15) is 29.8 Å². The van der Waals surface area contributed by atoms with E-state index in [-0.39, 0.29) is 24.0 Å². The highest BCUT2D eigenvalue weighted by molar-refractivity contribution is 14.0. The predicted molar refractivity (Wildman–Crippen MR) is 133 cm³/mol. The van der Waals surface area contributed by atoms with Crippen LogP contribution in [0.4, 0.5) is 0 Å². The van der Waals surface area contributed by atoms with Crippen LogP contribution in [0.3, 0.4) is 0 Å². The van der Waals surface area contributed by atoms with Gasteiger partial charge in [0.25, 0.3) is 0 Å². The van der Waals surface area contributed by atoms with E-state index in [9.17, 15) is 5.11 Å². The molecule has 2 aromatic carbocycles. The second-order valence-corrected chi connectivity index (χ2v) is 6.88. The number of nitrogens with zero attached hydrogens (tertiary/aromatic N) is 2. The van der Waals surface area contributed by atoms with Gasteiger partial charge in [-0.1, -0.05) is 29.8 Å². The number of oxazole rings is 1. The summed E-state index contributed by atoms with van der Waals surface area (Å²) in [5.74, 6) is 1.93. The first-order valence-electron chi connectivity index (χ1n) is 9.94. The number of aryl methyl sites for hydroxylation is 1. The molecule has 0 saturated carbocycles. The number of guanidine groups is 1. The first kappa shape index (κ1) is 24.7. The fraction of sp³-hybridized carbons (Fsp3) is 0.304. The maximum atomic E-state index is 10.4. The molecule has 0 aliphatic rings. The van der Waals surface area contributed by atoms with Crippen LogP contribution in [0.2, 0.25) is 0 Å². The van der Waals surface area contributed by atoms with E-state index in [0.717, 1.165) is 22.6 Å². The molecule has 7 nitrogen and oxygen atoms in total. The largest absolute Gasteiger partial charge is 0.497 e. The van der Waals surface area contributed by atoms with Gasteiger partial charge in [-0.15, -0.1) is 24.0 Å². The lowest BCUT2D eigenvalue weighted by Crippen LogP contribution is -2.39. The maximum absolute atomic E-state index is 10.4. The molecule has 0 aliphatic heterocycles. The summed E-state index contributed by atoms with van der Waals surface area (Å²) in [6.07, 6.45) is 0.953. The van der Waals surface area contributed by atoms with Crippen molar-refractivity contribution in [2.75, 3.05) is 20.2 Å². The molecule has 1 heterocycles. The number of aliphatic hydroxyl groups excluding tert-OH is 1. The van der Waals surface area contributed by atoms with Gasteiger partial charge in [0.1, 0.15) is 17.7 Å². The van der Waals surface area contributed by atoms with E-state index in [2.05, 4.69) is 20.6 Å². The van der Waals surface area contributed by atoms with Gasteiger partial charge < -0.3 is 24.9 Å². The van der Waals surface area contributed by atoms with Crippen LogP contribution in [-0.4, -0.2) is 36.2 Å². The summed E-state index contributed by atoms with van der Waals surface area (Å²) < 4.78 is 10.7. The molecule has 0 radical (unpaired) electrons. The topological polar surface area (TPSA) is 91.9 Å². The third-order valence-corrected chi connectivity index (χ3v) is 4.56. The zero-order valence-electron chi connectivity index (χ0n) is 18.0. The van der Waals surface area contributed by atoms with Crippen LogP contribution in [0.5, 0.6) is 5.75 Å². The van der Waals surface area contributed by atoms with Crippen molar-refractivity contribution in [3.63, 3.8) is 0 Å². The molecule has 166 valence electrons. The van der Waals surface area contributed by atoms with E-state index in [1.807, 2.05) is 62.4 Å². The van der Waals surface area contributed by atoms with Gasteiger partial charge in [0, 0.05) is 18.7 Å². The summed E-state index contributed by atoms with van der Waals surface area (Å²) in [4.78, 5) is 9.05. The van der Waals surface area contributed by atoms with Crippen molar-refractivity contribution in [2.24, 2.45) is 4.99 Å². The fourth-order valence-electron chi connectivity index (χ4n) is 2.85. The van der Waals surface area contributed by atoms with Crippen LogP contribution < -0.4 is 15.4 Å². The van der Waals surface area contributed by atoms with Crippen molar-refractivity contribution >= 4 is 29.9 Å². The lowest BCUT2D eigenvalue weighted by Gasteiger charge is -2.15. The quantitative estimate of drug-likeness (QED) is 0.229. The Bertz CT molecular complexity index is 956. The second kappa shape index (κ2) is 12.3. The summed E-state index contributed by atoms with van der Waals surface area (Å²) in [7, 11) is 1.62. The Balaban J connectivity index is 0.00000341. The molecule has 1 aromatic heterocycles. The molecule has 0 saturated heterocycles. The maximum Gasteiger partial charge on any atom is 0.226 e. The first-order chi connectivity index (χ1) is 14.6. The highest BCUT2D eigenvalue weighted by Crippen LogP contribution is 2.19. The summed E-state index contributed by atoms with van der Waals surface area (Å²) in [6.45, 7) is 5.43. The standard InChI is InChI=1S/C23H28N4O3.HI/c1-4-24-23(26-14-21(28)17-9-11-20(29-3)12-10-17)25-13-19-15-30-22(27-19)18-7-5-16(2)6-8-18;/h5-12,15,21,28H,4,13-14H2,1-3H3,(H2,24,25,26);1H. The highest BCUT2D eigenvalue weighted by Gasteiger charge is 2.10. The summed E-state index contributed by atoms with van der Waals surface area (Å²) in [5, 5.41) is 16.8. The third-order valence-electron chi connectivity index (χ3n) is 4.56. The van der Waals surface area contributed by atoms with Crippen molar-refractivity contribution in [3.05, 3.63) is 71.6 Å². The SMILES string of the molecule is CCNC(=NCc1coc(-c2ccc(C)cc2)n1)NCC(O)c1ccc(OC)cc1.I. The van der Waals surface area contributed by atoms with Crippen molar-refractivity contribution in [2.45, 2.75) is 26.5 Å². The van der Waals surface area contributed by atoms with Crippen LogP contribution in [-0.2, 0) is 6.54 Å². The molecule has 3 aromatic rings. The number of aliphatic hydroxyl groups is 1. The molecular weight excluding hydrogens is 507 g/mol. The molecule has 0 aliphatic carbocycles. The van der Waals surface area contributed by atoms with Gasteiger partial charge >= 0.3 is 0 Å². The second-order valence-electron chi connectivity index (χ2n) is 6.88. The first-order valence-corrected chi connectivity index (χ1v) is 9.94. The lowest BCUT2D eigenvalue weighted by atomic mass is 10.1. The molecule has 31 heavy (non-hydrogen) atoms. The molecule has 1 unspecified atom stereocenters. The van der Waals surface area contributed by atoms with Gasteiger partial charge in [-0.3, -0.25) is 0 Å². The normalized spacial score (nSPS) is 12.1. The average Bonchev–Trinajstić information content (AvgIpc) is 3.25. The molecule has 1 atom stereocenters. The summed E-state index contributed by atoms with van der Waals surface area (Å²) in [5.41, 5.74) is 3.66. The molecule has 3 N–H and O–H groups in total. The Kier molecular flexibility index (Phi) is 9.80. The van der Waals surface area contributed by atoms with Gasteiger partial charge in [0.15, 0.2) is 5.96 Å². The highest BCUT2D eigenvalue weighted by atomic mass is 127. The van der Waals surface area contributed by atoms with Crippen molar-refractivity contribution in [1.29, 1.82) is 0 Å². The minimum atomic E-state index is -0.667. The number of nitrogens with one attached hydrogen (secondary N) is 2. The monoisotopic (exact) mass is 536 g/mol. The Hall–Kier alpha value is -2.59. The van der Waals surface area contributed by atoms with Crippen LogP contribution in [0.25, 0.3) is 11.5 Å². The van der Waals surface area contributed by atoms with E-state index in [1.165, 1.54) is 5.56 Å². The van der Waals surface area contributed by atoms with Gasteiger partial charge in [0.05, 0.1) is 19.8 Å². The van der Waals surface area contributed by atoms with E-state index in [0.29, 0.717) is 31.5 Å². The van der Waals surface area contributed by atoms with E-state index < -0.39 is 6.10 Å². The predicted octanol–water partition coefficient (Wildman–Crippen LogP) is 4.07. The van der Waals surface area contributed by atoms with Crippen molar-refractivity contribution < 1.29 is 14.3 Å². The Morgan fingerprint density at radius 1 is 1.13 bits per heavy atom. The smallest absolute Gasteiger partial charge is 0.226 e. The van der Waals surface area contributed by atoms with E-state index in [4.69, 9.17) is 9.15 Å². The molecule has 0 spiro atoms. The summed E-state index contributed by atoms with van der Waals surface area (Å²) >= 11 is 0. The number of methoxy groups -OCH3 is 1. The zero-order chi connectivity index (χ0) is 21.3. The minimum Gasteiger partial charge on any atom is -0.497 e. The van der Waals surface area contributed by atoms with Crippen LogP contribution >= 0.6 is 24.0 Å². The zero-order valence-corrected chi connectivity index (χ0v) is 20.3. The molecule has 8 heteroatoms. The number of hydrogen-bond donors (Lipinski definition) is 3. The Morgan fingerprint density at radius 3 is 2.48 bits per heavy atom. The Labute approximate surface area is 200 Å². The number of rotatable bonds is 8. The number of hydrogen-bond acceptors (Lipinski definition) is 5. The summed E-state index contributed by atoms with van der Waals surface area (Å²) in [6, 6.07) is 15.4. The number of aliphatic imine (C=N–C) groups is 1. The van der Waals surface area contributed by atoms with Gasteiger partial charge in [-0.05, 0) is 43.7 Å². The lowest BCUT2D eigenvalue weighted by molar-refractivity contribution is 0.180. The van der Waals surface area contributed by atoms with Gasteiger partial charge in [-0.2, -0.15) is 0 Å². The van der Waals surface area contributed by atoms with Gasteiger partial charge in [-0.25, -0.2) is 9.98 Å². The van der Waals surface area contributed by atoms with Crippen molar-refractivity contribution in [3.8, 4) is 17.2 Å². The van der Waals surface area contributed by atoms with Gasteiger partial charge in [0.2, 0.25) is 5.89 Å². The number of halogens is 1. The van der Waals surface area contributed by atoms with Crippen LogP contribution in [0.15, 0.2) is 64.2 Å². The average molecular weight is 536 g/mol. The molecule has 0 fully saturated rings. The van der Waals surface area contributed by atoms with E-state index >= 15 is 0 Å². The molecule has 3 rings (SSSR count).